The van der Waals surface area contributed by atoms with Crippen LogP contribution < -0.4 is 0 Å². The van der Waals surface area contributed by atoms with Gasteiger partial charge in [0.1, 0.15) is 0 Å². The highest BCUT2D eigenvalue weighted by molar-refractivity contribution is 6.19. The van der Waals surface area contributed by atoms with E-state index in [0.717, 1.165) is 11.3 Å². The maximum atomic E-state index is 4.58. The molecule has 2 aromatic heterocycles. The van der Waals surface area contributed by atoms with Gasteiger partial charge in [0.2, 0.25) is 0 Å². The molecule has 182 valence electrons. The molecule has 6 aromatic carbocycles. The third-order valence-corrected chi connectivity index (χ3v) is 7.80. The van der Waals surface area contributed by atoms with Gasteiger partial charge in [0, 0.05) is 33.6 Å². The van der Waals surface area contributed by atoms with E-state index in [0.29, 0.717) is 0 Å². The standard InChI is InChI=1S/C37H24N2/c1-2-8-25(9-3-1)28-14-19-33-34-20-15-29-22-30(35-12-6-7-21-38-35)16-18-32(29)37(34)39(36(33)24-28)31-17-13-26-10-4-5-11-27(26)23-31/h1-24H. The molecule has 2 heteroatoms. The van der Waals surface area contributed by atoms with Crippen LogP contribution in [0.4, 0.5) is 0 Å². The van der Waals surface area contributed by atoms with E-state index in [1.165, 1.54) is 60.2 Å². The summed E-state index contributed by atoms with van der Waals surface area (Å²) < 4.78 is 2.45. The second kappa shape index (κ2) is 8.68. The number of rotatable bonds is 3. The van der Waals surface area contributed by atoms with Gasteiger partial charge in [0.15, 0.2) is 0 Å². The second-order valence-electron chi connectivity index (χ2n) is 10.1. The SMILES string of the molecule is c1ccc(-c2ccc3c4ccc5cc(-c6ccccn6)ccc5c4n(-c4ccc5ccccc5c4)c3c2)cc1. The number of aromatic nitrogens is 2. The molecule has 8 aromatic rings. The number of benzene rings is 6. The number of fused-ring (bicyclic) bond motifs is 6. The highest BCUT2D eigenvalue weighted by atomic mass is 15.0. The summed E-state index contributed by atoms with van der Waals surface area (Å²) in [7, 11) is 0. The Kier molecular flexibility index (Phi) is 4.86. The first kappa shape index (κ1) is 21.8. The average Bonchev–Trinajstić information content (AvgIpc) is 3.35. The minimum atomic E-state index is 0.988. The molecular weight excluding hydrogens is 472 g/mol. The molecule has 0 bridgehead atoms. The Labute approximate surface area is 226 Å². The van der Waals surface area contributed by atoms with Gasteiger partial charge >= 0.3 is 0 Å². The van der Waals surface area contributed by atoms with Crippen LogP contribution in [0.15, 0.2) is 146 Å². The first-order chi connectivity index (χ1) is 19.3. The van der Waals surface area contributed by atoms with Gasteiger partial charge in [-0.1, -0.05) is 103 Å². The van der Waals surface area contributed by atoms with Gasteiger partial charge in [-0.25, -0.2) is 0 Å². The van der Waals surface area contributed by atoms with E-state index < -0.39 is 0 Å². The van der Waals surface area contributed by atoms with Gasteiger partial charge in [-0.15, -0.1) is 0 Å². The predicted molar refractivity (Wildman–Crippen MR) is 164 cm³/mol. The van der Waals surface area contributed by atoms with Crippen molar-refractivity contribution in [3.8, 4) is 28.1 Å². The van der Waals surface area contributed by atoms with Crippen LogP contribution in [0, 0.1) is 0 Å². The van der Waals surface area contributed by atoms with Crippen LogP contribution in [-0.4, -0.2) is 9.55 Å². The molecule has 0 spiro atoms. The fourth-order valence-electron chi connectivity index (χ4n) is 5.92. The summed E-state index contributed by atoms with van der Waals surface area (Å²) in [5.41, 5.74) is 8.16. The molecule has 8 rings (SSSR count). The maximum Gasteiger partial charge on any atom is 0.0702 e. The van der Waals surface area contributed by atoms with Gasteiger partial charge in [-0.2, -0.15) is 0 Å². The van der Waals surface area contributed by atoms with Crippen molar-refractivity contribution in [2.75, 3.05) is 0 Å². The number of hydrogen-bond acceptors (Lipinski definition) is 1. The van der Waals surface area contributed by atoms with Crippen molar-refractivity contribution in [3.05, 3.63) is 146 Å². The predicted octanol–water partition coefficient (Wildman–Crippen LogP) is 9.82. The Balaban J connectivity index is 1.47. The normalized spacial score (nSPS) is 11.6. The number of nitrogens with zero attached hydrogens (tertiary/aromatic N) is 2. The zero-order valence-corrected chi connectivity index (χ0v) is 21.3. The Morgan fingerprint density at radius 3 is 2.05 bits per heavy atom. The summed E-state index contributed by atoms with van der Waals surface area (Å²) >= 11 is 0. The first-order valence-electron chi connectivity index (χ1n) is 13.3. The van der Waals surface area contributed by atoms with E-state index in [1.807, 2.05) is 18.3 Å². The molecule has 0 aliphatic heterocycles. The quantitative estimate of drug-likeness (QED) is 0.238. The zero-order valence-electron chi connectivity index (χ0n) is 21.3. The highest BCUT2D eigenvalue weighted by Gasteiger charge is 2.17. The number of pyridine rings is 1. The van der Waals surface area contributed by atoms with E-state index in [2.05, 4.69) is 137 Å². The van der Waals surface area contributed by atoms with E-state index in [4.69, 9.17) is 0 Å². The molecule has 2 heterocycles. The Morgan fingerprint density at radius 2 is 1.18 bits per heavy atom. The topological polar surface area (TPSA) is 17.8 Å². The lowest BCUT2D eigenvalue weighted by molar-refractivity contribution is 1.19. The molecule has 0 aliphatic carbocycles. The minimum absolute atomic E-state index is 0.988. The molecular formula is C37H24N2. The molecule has 0 amide bonds. The van der Waals surface area contributed by atoms with Crippen molar-refractivity contribution in [2.24, 2.45) is 0 Å². The van der Waals surface area contributed by atoms with Crippen LogP contribution in [0.25, 0.3) is 71.4 Å². The Bertz CT molecular complexity index is 2160. The van der Waals surface area contributed by atoms with Crippen LogP contribution >= 0.6 is 0 Å². The van der Waals surface area contributed by atoms with E-state index in [-0.39, 0.29) is 0 Å². The molecule has 0 saturated heterocycles. The van der Waals surface area contributed by atoms with Gasteiger partial charge in [-0.3, -0.25) is 4.98 Å². The van der Waals surface area contributed by atoms with Crippen molar-refractivity contribution >= 4 is 43.4 Å². The summed E-state index contributed by atoms with van der Waals surface area (Å²) in [5, 5.41) is 7.44. The van der Waals surface area contributed by atoms with Crippen molar-refractivity contribution < 1.29 is 0 Å². The van der Waals surface area contributed by atoms with Gasteiger partial charge < -0.3 is 4.57 Å². The van der Waals surface area contributed by atoms with Gasteiger partial charge in [0.05, 0.1) is 16.7 Å². The zero-order chi connectivity index (χ0) is 25.8. The van der Waals surface area contributed by atoms with Gasteiger partial charge in [0.25, 0.3) is 0 Å². The van der Waals surface area contributed by atoms with Crippen molar-refractivity contribution in [3.63, 3.8) is 0 Å². The molecule has 0 unspecified atom stereocenters. The van der Waals surface area contributed by atoms with E-state index in [9.17, 15) is 0 Å². The lowest BCUT2D eigenvalue weighted by Gasteiger charge is -2.12. The number of hydrogen-bond donors (Lipinski definition) is 0. The van der Waals surface area contributed by atoms with Crippen molar-refractivity contribution in [1.82, 2.24) is 9.55 Å². The van der Waals surface area contributed by atoms with E-state index in [1.54, 1.807) is 0 Å². The fourth-order valence-corrected chi connectivity index (χ4v) is 5.92. The third kappa shape index (κ3) is 3.53. The highest BCUT2D eigenvalue weighted by Crippen LogP contribution is 2.39. The van der Waals surface area contributed by atoms with Crippen LogP contribution in [0.1, 0.15) is 0 Å². The van der Waals surface area contributed by atoms with Crippen molar-refractivity contribution in [2.45, 2.75) is 0 Å². The smallest absolute Gasteiger partial charge is 0.0702 e. The fraction of sp³-hybridized carbons (Fsp3) is 0. The summed E-state index contributed by atoms with van der Waals surface area (Å²) in [4.78, 5) is 4.58. The van der Waals surface area contributed by atoms with Crippen LogP contribution in [-0.2, 0) is 0 Å². The monoisotopic (exact) mass is 496 g/mol. The lowest BCUT2D eigenvalue weighted by atomic mass is 10.0. The molecule has 39 heavy (non-hydrogen) atoms. The molecule has 0 aliphatic rings. The second-order valence-corrected chi connectivity index (χ2v) is 10.1. The maximum absolute atomic E-state index is 4.58. The lowest BCUT2D eigenvalue weighted by Crippen LogP contribution is -1.95. The third-order valence-electron chi connectivity index (χ3n) is 7.80. The van der Waals surface area contributed by atoms with Crippen molar-refractivity contribution in [1.29, 1.82) is 0 Å². The molecule has 0 N–H and O–H groups in total. The average molecular weight is 497 g/mol. The Morgan fingerprint density at radius 1 is 0.436 bits per heavy atom. The molecule has 0 atom stereocenters. The van der Waals surface area contributed by atoms with Crippen LogP contribution in [0.3, 0.4) is 0 Å². The molecule has 0 radical (unpaired) electrons. The Hall–Kier alpha value is -5.21. The molecule has 0 fully saturated rings. The van der Waals surface area contributed by atoms with E-state index >= 15 is 0 Å². The largest absolute Gasteiger partial charge is 0.309 e. The summed E-state index contributed by atoms with van der Waals surface area (Å²) in [6.07, 6.45) is 1.85. The summed E-state index contributed by atoms with van der Waals surface area (Å²) in [6, 6.07) is 50.2. The van der Waals surface area contributed by atoms with Crippen LogP contribution in [0.2, 0.25) is 0 Å². The molecule has 2 nitrogen and oxygen atoms in total. The first-order valence-corrected chi connectivity index (χ1v) is 13.3. The summed E-state index contributed by atoms with van der Waals surface area (Å²) in [5.74, 6) is 0. The molecule has 0 saturated carbocycles. The van der Waals surface area contributed by atoms with Gasteiger partial charge in [-0.05, 0) is 63.7 Å². The minimum Gasteiger partial charge on any atom is -0.309 e. The van der Waals surface area contributed by atoms with Crippen LogP contribution in [0.5, 0.6) is 0 Å². The summed E-state index contributed by atoms with van der Waals surface area (Å²) in [6.45, 7) is 0.